The highest BCUT2D eigenvalue weighted by atomic mass is 32.1. The molecule has 1 aliphatic carbocycles. The first kappa shape index (κ1) is 12.9. The van der Waals surface area contributed by atoms with Crippen LogP contribution >= 0.6 is 11.4 Å². The number of nitrogens with one attached hydrogen (secondary N) is 1. The largest absolute Gasteiger partial charge is 0.457 e. The number of ether oxygens (including phenoxy) is 1. The molecule has 1 aliphatic rings. The lowest BCUT2D eigenvalue weighted by Crippen LogP contribution is -2.08. The van der Waals surface area contributed by atoms with E-state index in [-0.39, 0.29) is 17.3 Å². The summed E-state index contributed by atoms with van der Waals surface area (Å²) in [6, 6.07) is 16.4. The van der Waals surface area contributed by atoms with Crippen molar-refractivity contribution in [1.29, 1.82) is 5.41 Å². The average molecular weight is 283 g/mol. The second kappa shape index (κ2) is 5.45. The molecule has 0 radical (unpaired) electrons. The first-order chi connectivity index (χ1) is 9.81. The van der Waals surface area contributed by atoms with E-state index in [9.17, 15) is 4.79 Å². The summed E-state index contributed by atoms with van der Waals surface area (Å²) in [4.78, 5) is 11.4. The van der Waals surface area contributed by atoms with E-state index in [2.05, 4.69) is 24.3 Å². The molecular weight excluding hydrogens is 270 g/mol. The number of carbonyl (C=O) groups is 1. The van der Waals surface area contributed by atoms with Crippen molar-refractivity contribution in [3.8, 4) is 11.1 Å². The molecular formula is C16H13NO2S. The van der Waals surface area contributed by atoms with Gasteiger partial charge in [0, 0.05) is 11.1 Å². The average Bonchev–Trinajstić information content (AvgIpc) is 2.80. The summed E-state index contributed by atoms with van der Waals surface area (Å²) >= 11 is 0.153. The van der Waals surface area contributed by atoms with Gasteiger partial charge in [0.05, 0.1) is 0 Å². The van der Waals surface area contributed by atoms with Gasteiger partial charge in [-0.1, -0.05) is 48.5 Å². The lowest BCUT2D eigenvalue weighted by Gasteiger charge is -2.12. The third kappa shape index (κ3) is 2.20. The molecule has 0 saturated heterocycles. The van der Waals surface area contributed by atoms with E-state index in [1.807, 2.05) is 29.4 Å². The van der Waals surface area contributed by atoms with Crippen LogP contribution in [0.1, 0.15) is 17.0 Å². The number of hydrogen-bond donors (Lipinski definition) is 2. The third-order valence-electron chi connectivity index (χ3n) is 3.48. The Morgan fingerprint density at radius 1 is 1.10 bits per heavy atom. The van der Waals surface area contributed by atoms with E-state index in [1.54, 1.807) is 0 Å². The molecule has 0 amide bonds. The maximum atomic E-state index is 11.4. The lowest BCUT2D eigenvalue weighted by molar-refractivity contribution is 0.172. The van der Waals surface area contributed by atoms with Crippen molar-refractivity contribution < 1.29 is 9.53 Å². The van der Waals surface area contributed by atoms with E-state index in [4.69, 9.17) is 10.1 Å². The number of carbonyl (C=O) groups excluding carboxylic acids is 1. The van der Waals surface area contributed by atoms with Crippen molar-refractivity contribution in [2.75, 3.05) is 6.61 Å². The molecule has 0 spiro atoms. The van der Waals surface area contributed by atoms with Crippen molar-refractivity contribution >= 4 is 21.8 Å². The summed E-state index contributed by atoms with van der Waals surface area (Å²) in [5, 5.41) is 8.39. The van der Waals surface area contributed by atoms with E-state index < -0.39 is 5.30 Å². The molecule has 1 N–H and O–H groups in total. The molecule has 2 aromatic rings. The first-order valence-electron chi connectivity index (χ1n) is 6.28. The van der Waals surface area contributed by atoms with Crippen molar-refractivity contribution in [1.82, 2.24) is 0 Å². The monoisotopic (exact) mass is 283 g/mol. The van der Waals surface area contributed by atoms with Gasteiger partial charge in [0.15, 0.2) is 0 Å². The van der Waals surface area contributed by atoms with Crippen LogP contribution in [-0.2, 0) is 4.74 Å². The maximum absolute atomic E-state index is 11.4. The molecule has 0 atom stereocenters. The number of rotatable bonds is 2. The summed E-state index contributed by atoms with van der Waals surface area (Å²) in [6.45, 7) is 0.307. The van der Waals surface area contributed by atoms with Gasteiger partial charge in [-0.2, -0.15) is 0 Å². The minimum atomic E-state index is -0.429. The topological polar surface area (TPSA) is 50.2 Å². The van der Waals surface area contributed by atoms with Gasteiger partial charge in [0.25, 0.3) is 0 Å². The molecule has 2 aromatic carbocycles. The van der Waals surface area contributed by atoms with Gasteiger partial charge in [-0.25, -0.2) is 4.79 Å². The van der Waals surface area contributed by atoms with Gasteiger partial charge in [-0.3, -0.25) is 5.41 Å². The smallest absolute Gasteiger partial charge is 0.367 e. The van der Waals surface area contributed by atoms with Gasteiger partial charge in [0.1, 0.15) is 6.61 Å². The molecule has 3 rings (SSSR count). The summed E-state index contributed by atoms with van der Waals surface area (Å²) in [6.07, 6.45) is 0. The zero-order valence-electron chi connectivity index (χ0n) is 10.7. The molecule has 4 heteroatoms. The molecule has 100 valence electrons. The second-order valence-corrected chi connectivity index (χ2v) is 5.34. The Kier molecular flexibility index (Phi) is 3.50. The maximum Gasteiger partial charge on any atom is 0.367 e. The molecule has 0 heterocycles. The molecule has 0 fully saturated rings. The van der Waals surface area contributed by atoms with E-state index in [0.717, 1.165) is 0 Å². The van der Waals surface area contributed by atoms with Gasteiger partial charge in [-0.15, -0.1) is 0 Å². The third-order valence-corrected chi connectivity index (χ3v) is 3.91. The number of thiol groups is 1. The Bertz CT molecular complexity index is 674. The van der Waals surface area contributed by atoms with Crippen LogP contribution in [0, 0.1) is 5.41 Å². The highest BCUT2D eigenvalue weighted by Gasteiger charge is 2.28. The standard InChI is InChI=1S/C16H13NO2S/c17-10-20-16(18)19-9-15-13-7-3-1-5-11(13)12-6-2-4-8-14(12)15/h1-8,15,17,20H,9H2. The van der Waals surface area contributed by atoms with Crippen molar-refractivity contribution in [2.45, 2.75) is 5.92 Å². The summed E-state index contributed by atoms with van der Waals surface area (Å²) in [7, 11) is 0. The first-order valence-corrected chi connectivity index (χ1v) is 7.18. The Morgan fingerprint density at radius 2 is 1.65 bits per heavy atom. The van der Waals surface area contributed by atoms with Crippen LogP contribution in [0.15, 0.2) is 48.5 Å². The molecule has 20 heavy (non-hydrogen) atoms. The fraction of sp³-hybridized carbons (Fsp3) is 0.125. The minimum Gasteiger partial charge on any atom is -0.457 e. The van der Waals surface area contributed by atoms with Gasteiger partial charge in [-0.05, 0) is 33.6 Å². The molecule has 0 bridgehead atoms. The Morgan fingerprint density at radius 3 is 2.20 bits per heavy atom. The van der Waals surface area contributed by atoms with Crippen LogP contribution in [0.3, 0.4) is 0 Å². The van der Waals surface area contributed by atoms with Gasteiger partial charge >= 0.3 is 5.30 Å². The van der Waals surface area contributed by atoms with Crippen molar-refractivity contribution in [3.05, 3.63) is 59.7 Å². The number of fused-ring (bicyclic) bond motifs is 3. The number of benzene rings is 2. The summed E-state index contributed by atoms with van der Waals surface area (Å²) in [5.41, 5.74) is 4.80. The zero-order chi connectivity index (χ0) is 13.9. The zero-order valence-corrected chi connectivity index (χ0v) is 11.6. The highest BCUT2D eigenvalue weighted by Crippen LogP contribution is 2.44. The fourth-order valence-electron chi connectivity index (χ4n) is 2.67. The van der Waals surface area contributed by atoms with Crippen LogP contribution in [0.4, 0.5) is 4.79 Å². The molecule has 0 aliphatic heterocycles. The lowest BCUT2D eigenvalue weighted by atomic mass is 9.98. The minimum absolute atomic E-state index is 0.0762. The van der Waals surface area contributed by atoms with Crippen LogP contribution < -0.4 is 0 Å². The number of hydrogen-bond acceptors (Lipinski definition) is 3. The normalized spacial score (nSPS) is 12.4. The predicted molar refractivity (Wildman–Crippen MR) is 81.8 cm³/mol. The SMILES string of the molecule is N=C=[SH]C(=O)OCC1c2ccccc2-c2ccccc21. The van der Waals surface area contributed by atoms with E-state index in [1.165, 1.54) is 22.3 Å². The van der Waals surface area contributed by atoms with Crippen LogP contribution in [0.25, 0.3) is 11.1 Å². The Hall–Kier alpha value is -2.16. The van der Waals surface area contributed by atoms with Crippen LogP contribution in [0.2, 0.25) is 0 Å². The van der Waals surface area contributed by atoms with Crippen LogP contribution in [-0.4, -0.2) is 17.1 Å². The predicted octanol–water partition coefficient (Wildman–Crippen LogP) is 3.89. The van der Waals surface area contributed by atoms with Gasteiger partial charge in [0.2, 0.25) is 0 Å². The molecule has 3 nitrogen and oxygen atoms in total. The van der Waals surface area contributed by atoms with Crippen LogP contribution in [0.5, 0.6) is 0 Å². The van der Waals surface area contributed by atoms with Crippen molar-refractivity contribution in [3.63, 3.8) is 0 Å². The van der Waals surface area contributed by atoms with E-state index >= 15 is 0 Å². The van der Waals surface area contributed by atoms with E-state index in [0.29, 0.717) is 6.61 Å². The van der Waals surface area contributed by atoms with Crippen molar-refractivity contribution in [2.24, 2.45) is 0 Å². The quantitative estimate of drug-likeness (QED) is 0.380. The Labute approximate surface area is 120 Å². The summed E-state index contributed by atoms with van der Waals surface area (Å²) in [5.74, 6) is 0.0762. The highest BCUT2D eigenvalue weighted by molar-refractivity contribution is 8.10. The summed E-state index contributed by atoms with van der Waals surface area (Å²) < 4.78 is 5.25. The van der Waals surface area contributed by atoms with Gasteiger partial charge < -0.3 is 4.74 Å². The Balaban J connectivity index is 1.95. The number of isothiocyanates is 1. The molecule has 0 saturated carbocycles. The second-order valence-electron chi connectivity index (χ2n) is 4.53. The molecule has 0 unspecified atom stereocenters. The fourth-order valence-corrected chi connectivity index (χ4v) is 2.90. The molecule has 0 aromatic heterocycles.